The van der Waals surface area contributed by atoms with Gasteiger partial charge < -0.3 is 10.6 Å². The van der Waals surface area contributed by atoms with Gasteiger partial charge in [-0.05, 0) is 17.7 Å². The second-order valence-corrected chi connectivity index (χ2v) is 4.49. The number of carbonyl (C=O) groups is 2. The summed E-state index contributed by atoms with van der Waals surface area (Å²) >= 11 is 5.84. The smallest absolute Gasteiger partial charge is 0.225 e. The maximum absolute atomic E-state index is 11.7. The molecule has 0 aromatic heterocycles. The first kappa shape index (κ1) is 11.9. The number of hydrogen-bond acceptors (Lipinski definition) is 2. The Morgan fingerprint density at radius 2 is 2.35 bits per heavy atom. The van der Waals surface area contributed by atoms with E-state index < -0.39 is 0 Å². The Balaban J connectivity index is 1.86. The van der Waals surface area contributed by atoms with Crippen LogP contribution < -0.4 is 10.6 Å². The van der Waals surface area contributed by atoms with Crippen LogP contribution in [0.25, 0.3) is 0 Å². The Labute approximate surface area is 104 Å². The van der Waals surface area contributed by atoms with Crippen LogP contribution in [0.5, 0.6) is 0 Å². The van der Waals surface area contributed by atoms with Crippen molar-refractivity contribution >= 4 is 23.4 Å². The fourth-order valence-electron chi connectivity index (χ4n) is 1.77. The Morgan fingerprint density at radius 3 is 3.00 bits per heavy atom. The predicted octanol–water partition coefficient (Wildman–Crippen LogP) is 1.09. The van der Waals surface area contributed by atoms with Gasteiger partial charge in [-0.15, -0.1) is 0 Å². The third-order valence-electron chi connectivity index (χ3n) is 2.70. The van der Waals surface area contributed by atoms with E-state index in [4.69, 9.17) is 11.6 Å². The van der Waals surface area contributed by atoms with Gasteiger partial charge in [-0.1, -0.05) is 23.7 Å². The van der Waals surface area contributed by atoms with Crippen LogP contribution in [0, 0.1) is 5.92 Å². The number of halogens is 1. The molecule has 1 unspecified atom stereocenters. The highest BCUT2D eigenvalue weighted by atomic mass is 35.5. The van der Waals surface area contributed by atoms with E-state index in [-0.39, 0.29) is 24.2 Å². The molecule has 1 heterocycles. The van der Waals surface area contributed by atoms with E-state index in [9.17, 15) is 9.59 Å². The first-order valence-corrected chi connectivity index (χ1v) is 5.82. The van der Waals surface area contributed by atoms with Crippen LogP contribution in [-0.2, 0) is 16.1 Å². The van der Waals surface area contributed by atoms with Crippen molar-refractivity contribution in [3.8, 4) is 0 Å². The Bertz CT molecular complexity index is 448. The minimum atomic E-state index is -0.248. The van der Waals surface area contributed by atoms with Gasteiger partial charge >= 0.3 is 0 Å². The van der Waals surface area contributed by atoms with Crippen LogP contribution in [0.2, 0.25) is 5.02 Å². The zero-order valence-corrected chi connectivity index (χ0v) is 9.96. The van der Waals surface area contributed by atoms with Gasteiger partial charge in [0.2, 0.25) is 11.8 Å². The van der Waals surface area contributed by atoms with Crippen molar-refractivity contribution in [2.75, 3.05) is 6.54 Å². The highest BCUT2D eigenvalue weighted by molar-refractivity contribution is 6.30. The topological polar surface area (TPSA) is 58.2 Å². The standard InChI is InChI=1S/C12H13ClN2O2/c13-10-3-1-2-8(4-10)6-15-12(17)9-5-11(16)14-7-9/h1-4,9H,5-7H2,(H,14,16)(H,15,17). The van der Waals surface area contributed by atoms with Gasteiger partial charge in [-0.2, -0.15) is 0 Å². The van der Waals surface area contributed by atoms with E-state index in [2.05, 4.69) is 10.6 Å². The van der Waals surface area contributed by atoms with Crippen molar-refractivity contribution in [3.63, 3.8) is 0 Å². The first-order chi connectivity index (χ1) is 8.15. The summed E-state index contributed by atoms with van der Waals surface area (Å²) < 4.78 is 0. The molecule has 2 rings (SSSR count). The van der Waals surface area contributed by atoms with Gasteiger partial charge in [0.15, 0.2) is 0 Å². The van der Waals surface area contributed by atoms with E-state index in [1.54, 1.807) is 12.1 Å². The molecule has 0 radical (unpaired) electrons. The van der Waals surface area contributed by atoms with Crippen LogP contribution in [0.15, 0.2) is 24.3 Å². The molecule has 1 aliphatic rings. The number of hydrogen-bond donors (Lipinski definition) is 2. The molecule has 0 aliphatic carbocycles. The lowest BCUT2D eigenvalue weighted by Gasteiger charge is -2.09. The monoisotopic (exact) mass is 252 g/mol. The lowest BCUT2D eigenvalue weighted by molar-refractivity contribution is -0.126. The summed E-state index contributed by atoms with van der Waals surface area (Å²) in [6.45, 7) is 0.865. The molecule has 4 nitrogen and oxygen atoms in total. The molecule has 0 bridgehead atoms. The second-order valence-electron chi connectivity index (χ2n) is 4.05. The zero-order chi connectivity index (χ0) is 12.3. The lowest BCUT2D eigenvalue weighted by Crippen LogP contribution is -2.31. The first-order valence-electron chi connectivity index (χ1n) is 5.44. The fraction of sp³-hybridized carbons (Fsp3) is 0.333. The van der Waals surface area contributed by atoms with Gasteiger partial charge in [0.05, 0.1) is 5.92 Å². The Kier molecular flexibility index (Phi) is 3.64. The predicted molar refractivity (Wildman–Crippen MR) is 64.4 cm³/mol. The van der Waals surface area contributed by atoms with Crippen LogP contribution in [0.1, 0.15) is 12.0 Å². The fourth-order valence-corrected chi connectivity index (χ4v) is 1.98. The van der Waals surface area contributed by atoms with Gasteiger partial charge in [-0.25, -0.2) is 0 Å². The average Bonchev–Trinajstić information content (AvgIpc) is 2.73. The Hall–Kier alpha value is -1.55. The summed E-state index contributed by atoms with van der Waals surface area (Å²) in [5, 5.41) is 6.08. The summed E-state index contributed by atoms with van der Waals surface area (Å²) in [6, 6.07) is 7.32. The van der Waals surface area contributed by atoms with Crippen LogP contribution in [0.3, 0.4) is 0 Å². The van der Waals surface area contributed by atoms with Crippen molar-refractivity contribution in [2.45, 2.75) is 13.0 Å². The molecule has 0 saturated carbocycles. The molecule has 0 spiro atoms. The van der Waals surface area contributed by atoms with E-state index in [0.29, 0.717) is 18.1 Å². The maximum atomic E-state index is 11.7. The Morgan fingerprint density at radius 1 is 1.53 bits per heavy atom. The molecule has 1 saturated heterocycles. The number of nitrogens with one attached hydrogen (secondary N) is 2. The van der Waals surface area contributed by atoms with Crippen LogP contribution in [0.4, 0.5) is 0 Å². The summed E-state index contributed by atoms with van der Waals surface area (Å²) in [5.74, 6) is -0.405. The third-order valence-corrected chi connectivity index (χ3v) is 2.94. The van der Waals surface area contributed by atoms with Gasteiger partial charge in [0.25, 0.3) is 0 Å². The molecular weight excluding hydrogens is 240 g/mol. The highest BCUT2D eigenvalue weighted by Crippen LogP contribution is 2.12. The van der Waals surface area contributed by atoms with E-state index >= 15 is 0 Å². The zero-order valence-electron chi connectivity index (χ0n) is 9.20. The van der Waals surface area contributed by atoms with E-state index in [1.807, 2.05) is 12.1 Å². The minimum absolute atomic E-state index is 0.0621. The summed E-state index contributed by atoms with van der Waals surface area (Å²) in [7, 11) is 0. The molecule has 1 aromatic rings. The molecule has 2 N–H and O–H groups in total. The second kappa shape index (κ2) is 5.19. The van der Waals surface area contributed by atoms with Crippen LogP contribution in [-0.4, -0.2) is 18.4 Å². The van der Waals surface area contributed by atoms with Crippen molar-refractivity contribution in [2.24, 2.45) is 5.92 Å². The molecule has 5 heteroatoms. The molecular formula is C12H13ClN2O2. The number of rotatable bonds is 3. The van der Waals surface area contributed by atoms with Crippen molar-refractivity contribution in [1.82, 2.24) is 10.6 Å². The SMILES string of the molecule is O=C1CC(C(=O)NCc2cccc(Cl)c2)CN1. The van der Waals surface area contributed by atoms with Crippen molar-refractivity contribution < 1.29 is 9.59 Å². The van der Waals surface area contributed by atoms with Gasteiger partial charge in [0.1, 0.15) is 0 Å². The minimum Gasteiger partial charge on any atom is -0.355 e. The van der Waals surface area contributed by atoms with Gasteiger partial charge in [-0.3, -0.25) is 9.59 Å². The summed E-state index contributed by atoms with van der Waals surface area (Å²) in [5.41, 5.74) is 0.947. The number of amides is 2. The molecule has 1 fully saturated rings. The number of benzene rings is 1. The quantitative estimate of drug-likeness (QED) is 0.846. The lowest BCUT2D eigenvalue weighted by atomic mass is 10.1. The third kappa shape index (κ3) is 3.20. The van der Waals surface area contributed by atoms with Crippen molar-refractivity contribution in [3.05, 3.63) is 34.9 Å². The summed E-state index contributed by atoms with van der Waals surface area (Å²) in [6.07, 6.45) is 0.279. The van der Waals surface area contributed by atoms with Gasteiger partial charge in [0, 0.05) is 24.5 Å². The maximum Gasteiger partial charge on any atom is 0.225 e. The molecule has 2 amide bonds. The molecule has 1 aromatic carbocycles. The molecule has 1 atom stereocenters. The molecule has 1 aliphatic heterocycles. The summed E-state index contributed by atoms with van der Waals surface area (Å²) in [4.78, 5) is 22.7. The average molecular weight is 253 g/mol. The largest absolute Gasteiger partial charge is 0.355 e. The van der Waals surface area contributed by atoms with Crippen molar-refractivity contribution in [1.29, 1.82) is 0 Å². The van der Waals surface area contributed by atoms with E-state index in [0.717, 1.165) is 5.56 Å². The number of carbonyl (C=O) groups excluding carboxylic acids is 2. The van der Waals surface area contributed by atoms with E-state index in [1.165, 1.54) is 0 Å². The molecule has 90 valence electrons. The molecule has 17 heavy (non-hydrogen) atoms. The van der Waals surface area contributed by atoms with Crippen LogP contribution >= 0.6 is 11.6 Å². The highest BCUT2D eigenvalue weighted by Gasteiger charge is 2.27. The normalized spacial score (nSPS) is 18.9.